The van der Waals surface area contributed by atoms with Crippen molar-refractivity contribution in [1.82, 2.24) is 4.90 Å². The molecule has 2 unspecified atom stereocenters. The van der Waals surface area contributed by atoms with Gasteiger partial charge in [-0.15, -0.1) is 0 Å². The molecule has 0 bridgehead atoms. The van der Waals surface area contributed by atoms with Crippen molar-refractivity contribution < 1.29 is 9.84 Å². The van der Waals surface area contributed by atoms with Crippen molar-refractivity contribution >= 4 is 0 Å². The predicted octanol–water partition coefficient (Wildman–Crippen LogP) is 2.67. The van der Waals surface area contributed by atoms with Crippen LogP contribution in [0, 0.1) is 11.3 Å². The zero-order valence-corrected chi connectivity index (χ0v) is 12.4. The van der Waals surface area contributed by atoms with E-state index in [0.29, 0.717) is 12.8 Å². The van der Waals surface area contributed by atoms with E-state index in [1.165, 1.54) is 0 Å². The molecule has 4 heteroatoms. The molecular formula is C15H28N2O2. The lowest BCUT2D eigenvalue weighted by Crippen LogP contribution is -2.43. The van der Waals surface area contributed by atoms with E-state index in [1.807, 2.05) is 0 Å². The first-order valence-corrected chi connectivity index (χ1v) is 7.63. The summed E-state index contributed by atoms with van der Waals surface area (Å²) in [4.78, 5) is 2.31. The van der Waals surface area contributed by atoms with E-state index in [4.69, 9.17) is 10.00 Å². The molecule has 1 N–H and O–H groups in total. The SMILES string of the molecule is CCN(CC)CCC1(O)CCCC(CCCC#N)O1. The van der Waals surface area contributed by atoms with Crippen LogP contribution in [0.25, 0.3) is 0 Å². The first kappa shape index (κ1) is 16.4. The minimum Gasteiger partial charge on any atom is -0.365 e. The standard InChI is InChI=1S/C15H28N2O2/c1-3-17(4-2)13-11-15(18)10-7-9-14(19-15)8-5-6-12-16/h14,18H,3-11,13H2,1-2H3. The van der Waals surface area contributed by atoms with E-state index >= 15 is 0 Å². The number of nitriles is 1. The van der Waals surface area contributed by atoms with Crippen molar-refractivity contribution in [3.8, 4) is 6.07 Å². The molecule has 1 rings (SSSR count). The topological polar surface area (TPSA) is 56.5 Å². The van der Waals surface area contributed by atoms with Crippen LogP contribution in [0.3, 0.4) is 0 Å². The van der Waals surface area contributed by atoms with Crippen LogP contribution in [0.5, 0.6) is 0 Å². The van der Waals surface area contributed by atoms with E-state index in [9.17, 15) is 5.11 Å². The highest BCUT2D eigenvalue weighted by Crippen LogP contribution is 2.31. The summed E-state index contributed by atoms with van der Waals surface area (Å²) < 4.78 is 5.88. The quantitative estimate of drug-likeness (QED) is 0.688. The molecule has 0 radical (unpaired) electrons. The van der Waals surface area contributed by atoms with Gasteiger partial charge in [0.2, 0.25) is 0 Å². The van der Waals surface area contributed by atoms with Crippen LogP contribution in [0.1, 0.15) is 58.8 Å². The number of aliphatic hydroxyl groups is 1. The smallest absolute Gasteiger partial charge is 0.167 e. The molecule has 1 aliphatic heterocycles. The Morgan fingerprint density at radius 1 is 1.42 bits per heavy atom. The molecule has 0 aromatic heterocycles. The minimum absolute atomic E-state index is 0.129. The average Bonchev–Trinajstić information content (AvgIpc) is 2.40. The molecule has 0 saturated carbocycles. The highest BCUT2D eigenvalue weighted by atomic mass is 16.6. The Hall–Kier alpha value is -0.630. The number of rotatable bonds is 8. The fraction of sp³-hybridized carbons (Fsp3) is 0.933. The molecule has 0 spiro atoms. The monoisotopic (exact) mass is 268 g/mol. The molecule has 1 saturated heterocycles. The number of nitrogens with zero attached hydrogens (tertiary/aromatic N) is 2. The van der Waals surface area contributed by atoms with Crippen molar-refractivity contribution in [2.24, 2.45) is 0 Å². The maximum atomic E-state index is 10.5. The molecule has 1 heterocycles. The van der Waals surface area contributed by atoms with Gasteiger partial charge in [-0.1, -0.05) is 13.8 Å². The lowest BCUT2D eigenvalue weighted by Gasteiger charge is -2.38. The van der Waals surface area contributed by atoms with Gasteiger partial charge in [-0.25, -0.2) is 0 Å². The molecule has 0 aromatic rings. The molecular weight excluding hydrogens is 240 g/mol. The second kappa shape index (κ2) is 8.52. The Morgan fingerprint density at radius 2 is 2.16 bits per heavy atom. The van der Waals surface area contributed by atoms with Crippen LogP contribution >= 0.6 is 0 Å². The summed E-state index contributed by atoms with van der Waals surface area (Å²) in [5.41, 5.74) is 0. The highest BCUT2D eigenvalue weighted by molar-refractivity contribution is 4.79. The van der Waals surface area contributed by atoms with Crippen LogP contribution in [-0.2, 0) is 4.74 Å². The van der Waals surface area contributed by atoms with Crippen LogP contribution in [0.2, 0.25) is 0 Å². The van der Waals surface area contributed by atoms with Gasteiger partial charge in [0.1, 0.15) is 0 Å². The van der Waals surface area contributed by atoms with Crippen molar-refractivity contribution in [1.29, 1.82) is 5.26 Å². The van der Waals surface area contributed by atoms with Gasteiger partial charge in [0.25, 0.3) is 0 Å². The maximum absolute atomic E-state index is 10.5. The zero-order chi connectivity index (χ0) is 14.1. The second-order valence-corrected chi connectivity index (χ2v) is 5.41. The lowest BCUT2D eigenvalue weighted by atomic mass is 9.96. The van der Waals surface area contributed by atoms with Crippen molar-refractivity contribution in [3.63, 3.8) is 0 Å². The summed E-state index contributed by atoms with van der Waals surface area (Å²) in [6, 6.07) is 2.16. The van der Waals surface area contributed by atoms with Gasteiger partial charge in [0.15, 0.2) is 5.79 Å². The van der Waals surface area contributed by atoms with Gasteiger partial charge < -0.3 is 14.7 Å². The van der Waals surface area contributed by atoms with Gasteiger partial charge in [-0.05, 0) is 38.8 Å². The van der Waals surface area contributed by atoms with E-state index in [2.05, 4.69) is 24.8 Å². The van der Waals surface area contributed by atoms with E-state index < -0.39 is 5.79 Å². The summed E-state index contributed by atoms with van der Waals surface area (Å²) in [6.07, 6.45) is 5.92. The predicted molar refractivity (Wildman–Crippen MR) is 75.5 cm³/mol. The van der Waals surface area contributed by atoms with E-state index in [1.54, 1.807) is 0 Å². The van der Waals surface area contributed by atoms with Gasteiger partial charge in [0, 0.05) is 25.8 Å². The summed E-state index contributed by atoms with van der Waals surface area (Å²) in [5, 5.41) is 19.1. The summed E-state index contributed by atoms with van der Waals surface area (Å²) in [7, 11) is 0. The fourth-order valence-electron chi connectivity index (χ4n) is 2.70. The molecule has 1 fully saturated rings. The summed E-state index contributed by atoms with van der Waals surface area (Å²) >= 11 is 0. The number of unbranched alkanes of at least 4 members (excludes halogenated alkanes) is 1. The van der Waals surface area contributed by atoms with Gasteiger partial charge in [-0.3, -0.25) is 0 Å². The van der Waals surface area contributed by atoms with Crippen LogP contribution in [0.15, 0.2) is 0 Å². The highest BCUT2D eigenvalue weighted by Gasteiger charge is 2.34. The molecule has 4 nitrogen and oxygen atoms in total. The molecule has 2 atom stereocenters. The Balaban J connectivity index is 2.36. The molecule has 0 amide bonds. The van der Waals surface area contributed by atoms with Gasteiger partial charge >= 0.3 is 0 Å². The maximum Gasteiger partial charge on any atom is 0.167 e. The number of hydrogen-bond acceptors (Lipinski definition) is 4. The van der Waals surface area contributed by atoms with Gasteiger partial charge in [0.05, 0.1) is 12.2 Å². The normalized spacial score (nSPS) is 27.4. The minimum atomic E-state index is -0.946. The molecule has 0 aromatic carbocycles. The Kier molecular flexibility index (Phi) is 7.37. The second-order valence-electron chi connectivity index (χ2n) is 5.41. The van der Waals surface area contributed by atoms with E-state index in [-0.39, 0.29) is 6.10 Å². The number of hydrogen-bond donors (Lipinski definition) is 1. The third-order valence-electron chi connectivity index (χ3n) is 4.01. The third-order valence-corrected chi connectivity index (χ3v) is 4.01. The number of ether oxygens (including phenoxy) is 1. The molecule has 1 aliphatic rings. The first-order chi connectivity index (χ1) is 9.13. The lowest BCUT2D eigenvalue weighted by molar-refractivity contribution is -0.258. The summed E-state index contributed by atoms with van der Waals surface area (Å²) in [5.74, 6) is -0.946. The van der Waals surface area contributed by atoms with Crippen LogP contribution in [0.4, 0.5) is 0 Å². The average molecular weight is 268 g/mol. The fourth-order valence-corrected chi connectivity index (χ4v) is 2.70. The Labute approximate surface area is 117 Å². The van der Waals surface area contributed by atoms with Gasteiger partial charge in [-0.2, -0.15) is 5.26 Å². The Morgan fingerprint density at radius 3 is 2.79 bits per heavy atom. The zero-order valence-electron chi connectivity index (χ0n) is 12.4. The largest absolute Gasteiger partial charge is 0.365 e. The first-order valence-electron chi connectivity index (χ1n) is 7.63. The molecule has 110 valence electrons. The van der Waals surface area contributed by atoms with E-state index in [0.717, 1.165) is 51.7 Å². The van der Waals surface area contributed by atoms with Crippen LogP contribution in [-0.4, -0.2) is 41.5 Å². The summed E-state index contributed by atoms with van der Waals surface area (Å²) in [6.45, 7) is 7.19. The molecule has 19 heavy (non-hydrogen) atoms. The third kappa shape index (κ3) is 5.90. The van der Waals surface area contributed by atoms with Crippen LogP contribution < -0.4 is 0 Å². The Bertz CT molecular complexity index is 286. The van der Waals surface area contributed by atoms with Crippen molar-refractivity contribution in [3.05, 3.63) is 0 Å². The molecule has 0 aliphatic carbocycles. The van der Waals surface area contributed by atoms with Crippen molar-refractivity contribution in [2.45, 2.75) is 70.7 Å². The van der Waals surface area contributed by atoms with Crippen molar-refractivity contribution in [2.75, 3.05) is 19.6 Å².